The van der Waals surface area contributed by atoms with Gasteiger partial charge in [-0.15, -0.1) is 0 Å². The molecule has 22 heavy (non-hydrogen) atoms. The second-order valence-corrected chi connectivity index (χ2v) is 5.81. The van der Waals surface area contributed by atoms with Crippen LogP contribution in [-0.4, -0.2) is 51.6 Å². The van der Waals surface area contributed by atoms with Gasteiger partial charge in [-0.25, -0.2) is 0 Å². The number of rotatable bonds is 6. The van der Waals surface area contributed by atoms with Gasteiger partial charge in [0.1, 0.15) is 22.8 Å². The molecular formula is C17H25NO4. The van der Waals surface area contributed by atoms with Gasteiger partial charge < -0.3 is 14.2 Å². The van der Waals surface area contributed by atoms with Crippen molar-refractivity contribution in [2.45, 2.75) is 19.8 Å². The number of carbonyl (C=O) groups is 1. The number of piperidine rings is 1. The second-order valence-electron chi connectivity index (χ2n) is 5.81. The minimum Gasteiger partial charge on any atom is -0.496 e. The molecule has 1 aromatic rings. The first-order chi connectivity index (χ1) is 10.6. The highest BCUT2D eigenvalue weighted by Crippen LogP contribution is 2.34. The van der Waals surface area contributed by atoms with Crippen LogP contribution >= 0.6 is 0 Å². The fraction of sp³-hybridized carbons (Fsp3) is 0.588. The maximum absolute atomic E-state index is 12.7. The fourth-order valence-electron chi connectivity index (χ4n) is 2.99. The maximum Gasteiger partial charge on any atom is 0.184 e. The number of likely N-dealkylation sites (tertiary alicyclic amines) is 1. The van der Waals surface area contributed by atoms with Gasteiger partial charge in [0.25, 0.3) is 0 Å². The van der Waals surface area contributed by atoms with Crippen molar-refractivity contribution in [2.75, 3.05) is 41.0 Å². The van der Waals surface area contributed by atoms with Crippen molar-refractivity contribution in [1.29, 1.82) is 0 Å². The van der Waals surface area contributed by atoms with E-state index < -0.39 is 0 Å². The molecule has 1 saturated heterocycles. The van der Waals surface area contributed by atoms with Crippen molar-refractivity contribution in [3.8, 4) is 17.2 Å². The molecule has 0 aromatic heterocycles. The van der Waals surface area contributed by atoms with E-state index in [-0.39, 0.29) is 5.78 Å². The lowest BCUT2D eigenvalue weighted by Crippen LogP contribution is -2.38. The van der Waals surface area contributed by atoms with E-state index in [9.17, 15) is 4.79 Å². The Kier molecular flexibility index (Phi) is 5.66. The molecule has 1 aliphatic heterocycles. The van der Waals surface area contributed by atoms with Crippen LogP contribution in [0.5, 0.6) is 17.2 Å². The third kappa shape index (κ3) is 3.71. The van der Waals surface area contributed by atoms with Gasteiger partial charge in [-0.2, -0.15) is 0 Å². The second kappa shape index (κ2) is 7.49. The summed E-state index contributed by atoms with van der Waals surface area (Å²) in [5.41, 5.74) is 0.490. The van der Waals surface area contributed by atoms with Crippen LogP contribution in [0.15, 0.2) is 12.1 Å². The largest absolute Gasteiger partial charge is 0.496 e. The van der Waals surface area contributed by atoms with Crippen molar-refractivity contribution in [1.82, 2.24) is 4.90 Å². The summed E-state index contributed by atoms with van der Waals surface area (Å²) < 4.78 is 15.9. The zero-order chi connectivity index (χ0) is 16.1. The summed E-state index contributed by atoms with van der Waals surface area (Å²) in [5, 5.41) is 0. The van der Waals surface area contributed by atoms with E-state index in [1.54, 1.807) is 33.5 Å². The van der Waals surface area contributed by atoms with Crippen LogP contribution in [0.2, 0.25) is 0 Å². The molecule has 0 N–H and O–H groups in total. The van der Waals surface area contributed by atoms with Gasteiger partial charge in [0.2, 0.25) is 0 Å². The Labute approximate surface area is 132 Å². The smallest absolute Gasteiger partial charge is 0.184 e. The van der Waals surface area contributed by atoms with Gasteiger partial charge in [0, 0.05) is 18.7 Å². The minimum atomic E-state index is 0.0189. The van der Waals surface area contributed by atoms with Gasteiger partial charge >= 0.3 is 0 Å². The Morgan fingerprint density at radius 3 is 2.32 bits per heavy atom. The molecule has 0 aliphatic carbocycles. The van der Waals surface area contributed by atoms with Gasteiger partial charge in [-0.3, -0.25) is 9.69 Å². The predicted molar refractivity (Wildman–Crippen MR) is 85.3 cm³/mol. The summed E-state index contributed by atoms with van der Waals surface area (Å²) >= 11 is 0. The molecular weight excluding hydrogens is 282 g/mol. The third-order valence-corrected chi connectivity index (χ3v) is 4.10. The van der Waals surface area contributed by atoms with Crippen LogP contribution in [0, 0.1) is 5.92 Å². The molecule has 1 aliphatic rings. The Hall–Kier alpha value is -1.75. The monoisotopic (exact) mass is 307 g/mol. The SMILES string of the molecule is COc1cc(OC)c(C(=O)CN2CCCC(C)C2)c(OC)c1. The van der Waals surface area contributed by atoms with Crippen molar-refractivity contribution in [2.24, 2.45) is 5.92 Å². The molecule has 0 bridgehead atoms. The first-order valence-corrected chi connectivity index (χ1v) is 7.64. The number of Topliss-reactive ketones (excluding diaryl/α,β-unsaturated/α-hetero) is 1. The topological polar surface area (TPSA) is 48.0 Å². The van der Waals surface area contributed by atoms with Crippen LogP contribution in [0.25, 0.3) is 0 Å². The van der Waals surface area contributed by atoms with E-state index in [0.29, 0.717) is 35.3 Å². The highest BCUT2D eigenvalue weighted by atomic mass is 16.5. The standard InChI is InChI=1S/C17H25NO4/c1-12-6-5-7-18(10-12)11-14(19)17-15(21-3)8-13(20-2)9-16(17)22-4/h8-9,12H,5-7,10-11H2,1-4H3. The molecule has 1 unspecified atom stereocenters. The lowest BCUT2D eigenvalue weighted by atomic mass is 9.99. The van der Waals surface area contributed by atoms with Crippen molar-refractivity contribution < 1.29 is 19.0 Å². The zero-order valence-corrected chi connectivity index (χ0v) is 13.8. The molecule has 0 radical (unpaired) electrons. The molecule has 1 fully saturated rings. The Morgan fingerprint density at radius 1 is 1.18 bits per heavy atom. The van der Waals surface area contributed by atoms with Crippen LogP contribution in [-0.2, 0) is 0 Å². The van der Waals surface area contributed by atoms with Gasteiger partial charge in [-0.1, -0.05) is 6.92 Å². The molecule has 1 heterocycles. The molecule has 5 heteroatoms. The van der Waals surface area contributed by atoms with Crippen molar-refractivity contribution >= 4 is 5.78 Å². The van der Waals surface area contributed by atoms with Gasteiger partial charge in [0.15, 0.2) is 5.78 Å². The van der Waals surface area contributed by atoms with Crippen LogP contribution in [0.4, 0.5) is 0 Å². The number of benzene rings is 1. The van der Waals surface area contributed by atoms with E-state index in [0.717, 1.165) is 19.5 Å². The number of methoxy groups -OCH3 is 3. The number of ether oxygens (including phenoxy) is 3. The molecule has 122 valence electrons. The van der Waals surface area contributed by atoms with Crippen LogP contribution in [0.1, 0.15) is 30.1 Å². The quantitative estimate of drug-likeness (QED) is 0.756. The average molecular weight is 307 g/mol. The van der Waals surface area contributed by atoms with E-state index in [1.807, 2.05) is 0 Å². The molecule has 1 aromatic carbocycles. The van der Waals surface area contributed by atoms with E-state index in [2.05, 4.69) is 11.8 Å². The molecule has 1 atom stereocenters. The summed E-state index contributed by atoms with van der Waals surface area (Å²) in [6.45, 7) is 4.55. The molecule has 0 spiro atoms. The maximum atomic E-state index is 12.7. The molecule has 0 amide bonds. The Bertz CT molecular complexity index is 504. The normalized spacial score (nSPS) is 18.8. The first-order valence-electron chi connectivity index (χ1n) is 7.64. The molecule has 5 nitrogen and oxygen atoms in total. The molecule has 2 rings (SSSR count). The lowest BCUT2D eigenvalue weighted by Gasteiger charge is -2.30. The highest BCUT2D eigenvalue weighted by molar-refractivity contribution is 6.03. The van der Waals surface area contributed by atoms with E-state index >= 15 is 0 Å². The summed E-state index contributed by atoms with van der Waals surface area (Å²) in [6, 6.07) is 3.43. The zero-order valence-electron chi connectivity index (χ0n) is 13.8. The first kappa shape index (κ1) is 16.6. The van der Waals surface area contributed by atoms with Gasteiger partial charge in [0.05, 0.1) is 27.9 Å². The third-order valence-electron chi connectivity index (χ3n) is 4.10. The van der Waals surface area contributed by atoms with Crippen molar-refractivity contribution in [3.63, 3.8) is 0 Å². The minimum absolute atomic E-state index is 0.0189. The number of carbonyl (C=O) groups excluding carboxylic acids is 1. The van der Waals surface area contributed by atoms with E-state index in [1.165, 1.54) is 6.42 Å². The number of ketones is 1. The van der Waals surface area contributed by atoms with Gasteiger partial charge in [-0.05, 0) is 25.3 Å². The number of hydrogen-bond acceptors (Lipinski definition) is 5. The number of nitrogens with zero attached hydrogens (tertiary/aromatic N) is 1. The average Bonchev–Trinajstić information content (AvgIpc) is 2.53. The molecule has 0 saturated carbocycles. The lowest BCUT2D eigenvalue weighted by molar-refractivity contribution is 0.0887. The van der Waals surface area contributed by atoms with Crippen LogP contribution in [0.3, 0.4) is 0 Å². The van der Waals surface area contributed by atoms with Crippen LogP contribution < -0.4 is 14.2 Å². The highest BCUT2D eigenvalue weighted by Gasteiger charge is 2.24. The summed E-state index contributed by atoms with van der Waals surface area (Å²) in [4.78, 5) is 14.9. The van der Waals surface area contributed by atoms with Crippen molar-refractivity contribution in [3.05, 3.63) is 17.7 Å². The van der Waals surface area contributed by atoms with E-state index in [4.69, 9.17) is 14.2 Å². The predicted octanol–water partition coefficient (Wildman–Crippen LogP) is 2.63. The Morgan fingerprint density at radius 2 is 1.82 bits per heavy atom. The summed E-state index contributed by atoms with van der Waals surface area (Å²) in [6.07, 6.45) is 2.38. The number of hydrogen-bond donors (Lipinski definition) is 0. The summed E-state index contributed by atoms with van der Waals surface area (Å²) in [7, 11) is 4.67. The summed E-state index contributed by atoms with van der Waals surface area (Å²) in [5.74, 6) is 2.25. The fourth-order valence-corrected chi connectivity index (χ4v) is 2.99. The Balaban J connectivity index is 2.24.